The molecule has 0 aliphatic rings. The SMILES string of the molecule is Cc1ccccn1.Cl.O=CO. The second-order valence-electron chi connectivity index (χ2n) is 1.58. The van der Waals surface area contributed by atoms with E-state index in [0.29, 0.717) is 0 Å². The fourth-order valence-electron chi connectivity index (χ4n) is 0.448. The molecule has 1 aromatic rings. The van der Waals surface area contributed by atoms with Crippen molar-refractivity contribution in [3.8, 4) is 0 Å². The number of aryl methyl sites for hydroxylation is 1. The van der Waals surface area contributed by atoms with Crippen LogP contribution in [-0.4, -0.2) is 16.6 Å². The van der Waals surface area contributed by atoms with Crippen LogP contribution >= 0.6 is 12.4 Å². The molecule has 3 nitrogen and oxygen atoms in total. The van der Waals surface area contributed by atoms with Crippen molar-refractivity contribution in [2.75, 3.05) is 0 Å². The number of hydrogen-bond acceptors (Lipinski definition) is 2. The molecule has 1 rings (SSSR count). The lowest BCUT2D eigenvalue weighted by Gasteiger charge is -1.82. The first-order valence-corrected chi connectivity index (χ1v) is 2.76. The minimum atomic E-state index is -0.250. The lowest BCUT2D eigenvalue weighted by Crippen LogP contribution is -1.72. The third-order valence-corrected chi connectivity index (χ3v) is 0.813. The number of halogens is 1. The zero-order valence-corrected chi connectivity index (χ0v) is 6.91. The van der Waals surface area contributed by atoms with Crippen LogP contribution in [0.1, 0.15) is 5.69 Å². The van der Waals surface area contributed by atoms with Gasteiger partial charge in [-0.3, -0.25) is 9.78 Å². The molecule has 0 unspecified atom stereocenters. The highest BCUT2D eigenvalue weighted by molar-refractivity contribution is 5.85. The quantitative estimate of drug-likeness (QED) is 0.609. The summed E-state index contributed by atoms with van der Waals surface area (Å²) in [5.41, 5.74) is 1.07. The van der Waals surface area contributed by atoms with Gasteiger partial charge in [-0.2, -0.15) is 0 Å². The van der Waals surface area contributed by atoms with Crippen LogP contribution in [0, 0.1) is 6.92 Å². The van der Waals surface area contributed by atoms with E-state index in [-0.39, 0.29) is 18.9 Å². The van der Waals surface area contributed by atoms with Crippen LogP contribution in [0.2, 0.25) is 0 Å². The summed E-state index contributed by atoms with van der Waals surface area (Å²) in [7, 11) is 0. The van der Waals surface area contributed by atoms with Gasteiger partial charge in [0.15, 0.2) is 0 Å². The molecule has 0 spiro atoms. The van der Waals surface area contributed by atoms with Gasteiger partial charge in [0.2, 0.25) is 0 Å². The average Bonchev–Trinajstić information content (AvgIpc) is 1.91. The van der Waals surface area contributed by atoms with Crippen molar-refractivity contribution in [2.45, 2.75) is 6.92 Å². The van der Waals surface area contributed by atoms with E-state index < -0.39 is 0 Å². The number of hydrogen-bond donors (Lipinski definition) is 1. The molecule has 0 amide bonds. The van der Waals surface area contributed by atoms with Crippen molar-refractivity contribution >= 4 is 18.9 Å². The van der Waals surface area contributed by atoms with Crippen molar-refractivity contribution in [3.63, 3.8) is 0 Å². The van der Waals surface area contributed by atoms with E-state index in [2.05, 4.69) is 4.98 Å². The highest BCUT2D eigenvalue weighted by Gasteiger charge is 1.73. The lowest BCUT2D eigenvalue weighted by molar-refractivity contribution is -0.122. The third kappa shape index (κ3) is 8.91. The molecule has 0 aliphatic carbocycles. The molecule has 0 saturated heterocycles. The van der Waals surface area contributed by atoms with Gasteiger partial charge in [0.25, 0.3) is 6.47 Å². The van der Waals surface area contributed by atoms with Crippen molar-refractivity contribution in [1.82, 2.24) is 4.98 Å². The molecule has 1 aromatic heterocycles. The van der Waals surface area contributed by atoms with E-state index in [4.69, 9.17) is 9.90 Å². The van der Waals surface area contributed by atoms with E-state index in [1.165, 1.54) is 0 Å². The summed E-state index contributed by atoms with van der Waals surface area (Å²) in [6.45, 7) is 1.72. The Morgan fingerprint density at radius 3 is 2.27 bits per heavy atom. The van der Waals surface area contributed by atoms with Crippen molar-refractivity contribution in [3.05, 3.63) is 30.1 Å². The van der Waals surface area contributed by atoms with Gasteiger partial charge in [-0.15, -0.1) is 12.4 Å². The Hall–Kier alpha value is -1.09. The first-order chi connectivity index (χ1) is 4.81. The summed E-state index contributed by atoms with van der Waals surface area (Å²) in [6, 6.07) is 5.86. The van der Waals surface area contributed by atoms with E-state index in [0.717, 1.165) is 5.69 Å². The van der Waals surface area contributed by atoms with Crippen LogP contribution in [0.3, 0.4) is 0 Å². The smallest absolute Gasteiger partial charge is 0.290 e. The first kappa shape index (κ1) is 12.6. The number of carbonyl (C=O) groups is 1. The summed E-state index contributed by atoms with van der Waals surface area (Å²) in [6.07, 6.45) is 1.79. The molecule has 4 heteroatoms. The van der Waals surface area contributed by atoms with Crippen LogP contribution in [0.15, 0.2) is 24.4 Å². The number of nitrogens with zero attached hydrogens (tertiary/aromatic N) is 1. The van der Waals surface area contributed by atoms with E-state index in [9.17, 15) is 0 Å². The molecular weight excluding hydrogens is 166 g/mol. The summed E-state index contributed by atoms with van der Waals surface area (Å²) < 4.78 is 0. The van der Waals surface area contributed by atoms with Gasteiger partial charge in [-0.1, -0.05) is 6.07 Å². The molecule has 62 valence electrons. The molecule has 0 aromatic carbocycles. The largest absolute Gasteiger partial charge is 0.483 e. The Morgan fingerprint density at radius 2 is 2.09 bits per heavy atom. The van der Waals surface area contributed by atoms with Crippen LogP contribution in [0.5, 0.6) is 0 Å². The fraction of sp³-hybridized carbons (Fsp3) is 0.143. The second kappa shape index (κ2) is 8.91. The number of rotatable bonds is 0. The summed E-state index contributed by atoms with van der Waals surface area (Å²) in [5, 5.41) is 6.89. The summed E-state index contributed by atoms with van der Waals surface area (Å²) in [5.74, 6) is 0. The van der Waals surface area contributed by atoms with E-state index in [1.54, 1.807) is 6.20 Å². The monoisotopic (exact) mass is 175 g/mol. The highest BCUT2D eigenvalue weighted by Crippen LogP contribution is 1.85. The van der Waals surface area contributed by atoms with Crippen LogP contribution in [0.25, 0.3) is 0 Å². The Morgan fingerprint density at radius 1 is 1.55 bits per heavy atom. The van der Waals surface area contributed by atoms with Gasteiger partial charge in [0.05, 0.1) is 0 Å². The number of pyridine rings is 1. The molecular formula is C7H10ClNO2. The minimum absolute atomic E-state index is 0. The second-order valence-corrected chi connectivity index (χ2v) is 1.58. The van der Waals surface area contributed by atoms with Crippen molar-refractivity contribution in [1.29, 1.82) is 0 Å². The maximum atomic E-state index is 8.36. The molecule has 0 fully saturated rings. The van der Waals surface area contributed by atoms with Crippen LogP contribution < -0.4 is 0 Å². The molecule has 0 radical (unpaired) electrons. The Kier molecular flexibility index (Phi) is 10.2. The van der Waals surface area contributed by atoms with Gasteiger partial charge in [-0.25, -0.2) is 0 Å². The fourth-order valence-corrected chi connectivity index (χ4v) is 0.448. The molecule has 0 saturated carbocycles. The van der Waals surface area contributed by atoms with Gasteiger partial charge in [0.1, 0.15) is 0 Å². The molecule has 0 aliphatic heterocycles. The minimum Gasteiger partial charge on any atom is -0.483 e. The lowest BCUT2D eigenvalue weighted by atomic mass is 10.4. The topological polar surface area (TPSA) is 50.2 Å². The van der Waals surface area contributed by atoms with E-state index >= 15 is 0 Å². The normalized spacial score (nSPS) is 6.64. The predicted octanol–water partition coefficient (Wildman–Crippen LogP) is 1.51. The first-order valence-electron chi connectivity index (χ1n) is 2.76. The molecule has 0 atom stereocenters. The predicted molar refractivity (Wildman–Crippen MR) is 44.9 cm³/mol. The average molecular weight is 176 g/mol. The third-order valence-electron chi connectivity index (χ3n) is 0.813. The Balaban J connectivity index is 0. The van der Waals surface area contributed by atoms with Gasteiger partial charge >= 0.3 is 0 Å². The molecule has 11 heavy (non-hydrogen) atoms. The maximum absolute atomic E-state index is 8.36. The van der Waals surface area contributed by atoms with Gasteiger partial charge in [0, 0.05) is 11.9 Å². The molecule has 0 bridgehead atoms. The van der Waals surface area contributed by atoms with Crippen molar-refractivity contribution in [2.24, 2.45) is 0 Å². The Labute approximate surface area is 71.5 Å². The van der Waals surface area contributed by atoms with Crippen LogP contribution in [0.4, 0.5) is 0 Å². The number of carboxylic acid groups (broad SMARTS) is 1. The van der Waals surface area contributed by atoms with Crippen molar-refractivity contribution < 1.29 is 9.90 Å². The summed E-state index contributed by atoms with van der Waals surface area (Å²) in [4.78, 5) is 12.3. The Bertz CT molecular complexity index is 179. The number of aromatic nitrogens is 1. The standard InChI is InChI=1S/C6H7N.CH2O2.ClH/c1-6-4-2-3-5-7-6;2-1-3;/h2-5H,1H3;1H,(H,2,3);1H. The van der Waals surface area contributed by atoms with E-state index in [1.807, 2.05) is 25.1 Å². The summed E-state index contributed by atoms with van der Waals surface area (Å²) >= 11 is 0. The molecule has 1 heterocycles. The zero-order valence-electron chi connectivity index (χ0n) is 6.10. The zero-order chi connectivity index (χ0) is 7.82. The van der Waals surface area contributed by atoms with Gasteiger partial charge in [-0.05, 0) is 19.1 Å². The maximum Gasteiger partial charge on any atom is 0.290 e. The van der Waals surface area contributed by atoms with Crippen LogP contribution in [-0.2, 0) is 4.79 Å². The highest BCUT2D eigenvalue weighted by atomic mass is 35.5. The molecule has 1 N–H and O–H groups in total. The van der Waals surface area contributed by atoms with Gasteiger partial charge < -0.3 is 5.11 Å².